The maximum Gasteiger partial charge on any atom is 0.00955 e. The minimum absolute atomic E-state index is 0.748. The van der Waals surface area contributed by atoms with Crippen LogP contribution in [0.1, 0.15) is 59.3 Å². The first-order chi connectivity index (χ1) is 8.69. The summed E-state index contributed by atoms with van der Waals surface area (Å²) in [5.74, 6) is 1.78. The van der Waals surface area contributed by atoms with E-state index in [9.17, 15) is 0 Å². The first-order valence-corrected chi connectivity index (χ1v) is 8.16. The number of nitrogens with one attached hydrogen (secondary N) is 1. The van der Waals surface area contributed by atoms with Gasteiger partial charge in [-0.1, -0.05) is 20.8 Å². The highest BCUT2D eigenvalue weighted by atomic mass is 15.2. The molecule has 2 fully saturated rings. The van der Waals surface area contributed by atoms with Crippen molar-refractivity contribution in [2.24, 2.45) is 11.8 Å². The predicted octanol–water partition coefficient (Wildman–Crippen LogP) is 3.28. The molecular formula is C16H32N2. The first kappa shape index (κ1) is 14.3. The van der Waals surface area contributed by atoms with Gasteiger partial charge in [0.25, 0.3) is 0 Å². The molecule has 1 aliphatic carbocycles. The summed E-state index contributed by atoms with van der Waals surface area (Å²) in [6, 6.07) is 1.64. The van der Waals surface area contributed by atoms with E-state index in [2.05, 4.69) is 31.0 Å². The van der Waals surface area contributed by atoms with E-state index in [1.807, 2.05) is 0 Å². The molecule has 1 saturated carbocycles. The van der Waals surface area contributed by atoms with Crippen molar-refractivity contribution >= 4 is 0 Å². The van der Waals surface area contributed by atoms with Crippen LogP contribution in [-0.2, 0) is 0 Å². The van der Waals surface area contributed by atoms with Crippen LogP contribution in [0.25, 0.3) is 0 Å². The highest BCUT2D eigenvalue weighted by molar-refractivity contribution is 4.83. The highest BCUT2D eigenvalue weighted by Gasteiger charge is 2.26. The number of hydrogen-bond acceptors (Lipinski definition) is 2. The molecule has 1 heterocycles. The second-order valence-electron chi connectivity index (χ2n) is 6.82. The predicted molar refractivity (Wildman–Crippen MR) is 78.9 cm³/mol. The van der Waals surface area contributed by atoms with Crippen LogP contribution in [0, 0.1) is 11.8 Å². The van der Waals surface area contributed by atoms with Gasteiger partial charge in [-0.05, 0) is 63.5 Å². The van der Waals surface area contributed by atoms with E-state index in [4.69, 9.17) is 0 Å². The van der Waals surface area contributed by atoms with Crippen molar-refractivity contribution in [1.82, 2.24) is 10.2 Å². The fourth-order valence-corrected chi connectivity index (χ4v) is 3.64. The molecule has 0 aromatic carbocycles. The molecule has 2 atom stereocenters. The molecule has 2 rings (SSSR count). The van der Waals surface area contributed by atoms with Crippen LogP contribution in [0.5, 0.6) is 0 Å². The molecule has 18 heavy (non-hydrogen) atoms. The number of nitrogens with zero attached hydrogens (tertiary/aromatic N) is 1. The SMILES string of the molecule is CCC1CCN(C2CCC(C)CC2)CC(C)CN1. The molecule has 106 valence electrons. The normalized spacial score (nSPS) is 40.2. The third-order valence-corrected chi connectivity index (χ3v) is 5.06. The Kier molecular flexibility index (Phi) is 5.50. The summed E-state index contributed by atoms with van der Waals surface area (Å²) in [7, 11) is 0. The van der Waals surface area contributed by atoms with Gasteiger partial charge in [-0.3, -0.25) is 0 Å². The average molecular weight is 252 g/mol. The van der Waals surface area contributed by atoms with E-state index in [0.717, 1.165) is 23.9 Å². The molecule has 0 spiro atoms. The van der Waals surface area contributed by atoms with Crippen LogP contribution < -0.4 is 5.32 Å². The lowest BCUT2D eigenvalue weighted by Gasteiger charge is -2.40. The minimum Gasteiger partial charge on any atom is -0.314 e. The Balaban J connectivity index is 1.89. The molecule has 0 aromatic rings. The molecule has 0 radical (unpaired) electrons. The maximum absolute atomic E-state index is 3.72. The van der Waals surface area contributed by atoms with Gasteiger partial charge in [-0.25, -0.2) is 0 Å². The third kappa shape index (κ3) is 3.96. The van der Waals surface area contributed by atoms with E-state index in [1.54, 1.807) is 0 Å². The molecule has 2 nitrogen and oxygen atoms in total. The lowest BCUT2D eigenvalue weighted by Crippen LogP contribution is -2.47. The zero-order valence-electron chi connectivity index (χ0n) is 12.6. The van der Waals surface area contributed by atoms with Crippen LogP contribution in [0.15, 0.2) is 0 Å². The van der Waals surface area contributed by atoms with Gasteiger partial charge >= 0.3 is 0 Å². The van der Waals surface area contributed by atoms with E-state index in [-0.39, 0.29) is 0 Å². The van der Waals surface area contributed by atoms with Crippen molar-refractivity contribution in [1.29, 1.82) is 0 Å². The number of rotatable bonds is 2. The zero-order chi connectivity index (χ0) is 13.0. The Hall–Kier alpha value is -0.0800. The van der Waals surface area contributed by atoms with Crippen molar-refractivity contribution in [3.63, 3.8) is 0 Å². The van der Waals surface area contributed by atoms with Gasteiger partial charge in [0.05, 0.1) is 0 Å². The van der Waals surface area contributed by atoms with Crippen LogP contribution in [0.2, 0.25) is 0 Å². The van der Waals surface area contributed by atoms with Gasteiger partial charge in [0.1, 0.15) is 0 Å². The van der Waals surface area contributed by atoms with Crippen LogP contribution >= 0.6 is 0 Å². The molecule has 1 saturated heterocycles. The molecule has 0 amide bonds. The Morgan fingerprint density at radius 3 is 2.39 bits per heavy atom. The third-order valence-electron chi connectivity index (χ3n) is 5.06. The van der Waals surface area contributed by atoms with E-state index < -0.39 is 0 Å². The van der Waals surface area contributed by atoms with Gasteiger partial charge in [0, 0.05) is 18.6 Å². The van der Waals surface area contributed by atoms with Gasteiger partial charge in [0.15, 0.2) is 0 Å². The lowest BCUT2D eigenvalue weighted by atomic mass is 9.86. The van der Waals surface area contributed by atoms with E-state index in [0.29, 0.717) is 0 Å². The maximum atomic E-state index is 3.72. The molecule has 0 aromatic heterocycles. The second-order valence-corrected chi connectivity index (χ2v) is 6.82. The van der Waals surface area contributed by atoms with Crippen LogP contribution in [0.3, 0.4) is 0 Å². The first-order valence-electron chi connectivity index (χ1n) is 8.16. The fraction of sp³-hybridized carbons (Fsp3) is 1.00. The van der Waals surface area contributed by atoms with E-state index >= 15 is 0 Å². The standard InChI is InChI=1S/C16H32N2/c1-4-15-9-10-18(12-14(3)11-17-15)16-7-5-13(2)6-8-16/h13-17H,4-12H2,1-3H3. The van der Waals surface area contributed by atoms with Crippen molar-refractivity contribution in [2.45, 2.75) is 71.4 Å². The summed E-state index contributed by atoms with van der Waals surface area (Å²) in [5.41, 5.74) is 0. The van der Waals surface area contributed by atoms with Crippen molar-refractivity contribution in [3.05, 3.63) is 0 Å². The second kappa shape index (κ2) is 6.91. The molecule has 1 N–H and O–H groups in total. The van der Waals surface area contributed by atoms with Gasteiger partial charge in [-0.2, -0.15) is 0 Å². The fourth-order valence-electron chi connectivity index (χ4n) is 3.64. The summed E-state index contributed by atoms with van der Waals surface area (Å²) in [4.78, 5) is 2.82. The smallest absolute Gasteiger partial charge is 0.00955 e. The van der Waals surface area contributed by atoms with Crippen molar-refractivity contribution < 1.29 is 0 Å². The minimum atomic E-state index is 0.748. The molecular weight excluding hydrogens is 220 g/mol. The molecule has 0 bridgehead atoms. The summed E-state index contributed by atoms with van der Waals surface area (Å²) in [6.45, 7) is 11.0. The monoisotopic (exact) mass is 252 g/mol. The van der Waals surface area contributed by atoms with Gasteiger partial charge in [-0.15, -0.1) is 0 Å². The van der Waals surface area contributed by atoms with Crippen LogP contribution in [-0.4, -0.2) is 36.6 Å². The van der Waals surface area contributed by atoms with Crippen molar-refractivity contribution in [3.8, 4) is 0 Å². The summed E-state index contributed by atoms with van der Waals surface area (Å²) < 4.78 is 0. The Bertz CT molecular complexity index is 233. The Morgan fingerprint density at radius 2 is 1.72 bits per heavy atom. The van der Waals surface area contributed by atoms with Gasteiger partial charge < -0.3 is 10.2 Å². The summed E-state index contributed by atoms with van der Waals surface area (Å²) >= 11 is 0. The molecule has 2 aliphatic rings. The average Bonchev–Trinajstić information content (AvgIpc) is 2.36. The quantitative estimate of drug-likeness (QED) is 0.811. The Labute approximate surface area is 114 Å². The summed E-state index contributed by atoms with van der Waals surface area (Å²) in [5, 5.41) is 3.72. The highest BCUT2D eigenvalue weighted by Crippen LogP contribution is 2.28. The van der Waals surface area contributed by atoms with Gasteiger partial charge in [0.2, 0.25) is 0 Å². The van der Waals surface area contributed by atoms with E-state index in [1.165, 1.54) is 58.2 Å². The lowest BCUT2D eigenvalue weighted by molar-refractivity contribution is 0.106. The van der Waals surface area contributed by atoms with Crippen molar-refractivity contribution in [2.75, 3.05) is 19.6 Å². The molecule has 1 aliphatic heterocycles. The molecule has 2 heteroatoms. The number of hydrogen-bond donors (Lipinski definition) is 1. The van der Waals surface area contributed by atoms with Crippen LogP contribution in [0.4, 0.5) is 0 Å². The zero-order valence-corrected chi connectivity index (χ0v) is 12.6. The topological polar surface area (TPSA) is 15.3 Å². The largest absolute Gasteiger partial charge is 0.314 e. The summed E-state index contributed by atoms with van der Waals surface area (Å²) in [6.07, 6.45) is 8.41. The Morgan fingerprint density at radius 1 is 1.00 bits per heavy atom. The molecule has 2 unspecified atom stereocenters.